The summed E-state index contributed by atoms with van der Waals surface area (Å²) in [5.41, 5.74) is 0.897. The van der Waals surface area contributed by atoms with Crippen molar-refractivity contribution in [2.45, 2.75) is 6.92 Å². The van der Waals surface area contributed by atoms with Gasteiger partial charge in [-0.15, -0.1) is 0 Å². The van der Waals surface area contributed by atoms with Crippen LogP contribution in [0.15, 0.2) is 28.7 Å². The molecule has 2 nitrogen and oxygen atoms in total. The molecule has 0 aliphatic rings. The highest BCUT2D eigenvalue weighted by atomic mass is 79.9. The molecule has 0 radical (unpaired) electrons. The number of hydrogen-bond donors (Lipinski definition) is 0. The van der Waals surface area contributed by atoms with E-state index in [-0.39, 0.29) is 0 Å². The minimum Gasteiger partial charge on any atom is -0.493 e. The van der Waals surface area contributed by atoms with E-state index < -0.39 is 0 Å². The van der Waals surface area contributed by atoms with Gasteiger partial charge in [0, 0.05) is 10.0 Å². The number of rotatable bonds is 4. The van der Waals surface area contributed by atoms with Gasteiger partial charge in [-0.1, -0.05) is 15.9 Å². The predicted molar refractivity (Wildman–Crippen MR) is 60.4 cm³/mol. The third-order valence-corrected chi connectivity index (χ3v) is 2.12. The average molecular weight is 255 g/mol. The second-order valence-electron chi connectivity index (χ2n) is 2.61. The Morgan fingerprint density at radius 3 is 2.93 bits per heavy atom. The highest BCUT2D eigenvalue weighted by Crippen LogP contribution is 2.24. The number of ether oxygens (including phenoxy) is 1. The van der Waals surface area contributed by atoms with Crippen molar-refractivity contribution in [2.24, 2.45) is 0 Å². The van der Waals surface area contributed by atoms with E-state index in [1.165, 1.54) is 6.08 Å². The van der Waals surface area contributed by atoms with Crippen molar-refractivity contribution in [1.29, 1.82) is 0 Å². The average Bonchev–Trinajstić information content (AvgIpc) is 2.18. The fourth-order valence-electron chi connectivity index (χ4n) is 1.08. The van der Waals surface area contributed by atoms with Crippen LogP contribution in [0.4, 0.5) is 0 Å². The third kappa shape index (κ3) is 3.00. The molecule has 0 saturated heterocycles. The molecule has 0 aliphatic heterocycles. The lowest BCUT2D eigenvalue weighted by molar-refractivity contribution is -0.104. The van der Waals surface area contributed by atoms with Crippen LogP contribution in [0.1, 0.15) is 12.5 Å². The van der Waals surface area contributed by atoms with E-state index in [2.05, 4.69) is 15.9 Å². The first-order valence-corrected chi connectivity index (χ1v) is 5.11. The Morgan fingerprint density at radius 2 is 2.29 bits per heavy atom. The summed E-state index contributed by atoms with van der Waals surface area (Å²) in [6.45, 7) is 2.54. The van der Waals surface area contributed by atoms with Crippen molar-refractivity contribution < 1.29 is 9.53 Å². The van der Waals surface area contributed by atoms with Crippen molar-refractivity contribution in [3.63, 3.8) is 0 Å². The summed E-state index contributed by atoms with van der Waals surface area (Å²) < 4.78 is 6.37. The van der Waals surface area contributed by atoms with Gasteiger partial charge in [0.1, 0.15) is 12.0 Å². The molecule has 0 N–H and O–H groups in total. The Morgan fingerprint density at radius 1 is 1.50 bits per heavy atom. The molecule has 1 aromatic rings. The molecule has 0 bridgehead atoms. The Labute approximate surface area is 91.7 Å². The Bertz CT molecular complexity index is 345. The zero-order chi connectivity index (χ0) is 10.4. The van der Waals surface area contributed by atoms with E-state index in [1.807, 2.05) is 25.1 Å². The fourth-order valence-corrected chi connectivity index (χ4v) is 1.46. The normalized spacial score (nSPS) is 10.4. The molecule has 0 unspecified atom stereocenters. The smallest absolute Gasteiger partial charge is 0.142 e. The zero-order valence-electron chi connectivity index (χ0n) is 7.87. The molecule has 0 amide bonds. The molecule has 0 spiro atoms. The molecular formula is C11H11BrO2. The lowest BCUT2D eigenvalue weighted by Crippen LogP contribution is -1.93. The molecule has 0 fully saturated rings. The van der Waals surface area contributed by atoms with Crippen LogP contribution in [-0.4, -0.2) is 12.9 Å². The van der Waals surface area contributed by atoms with E-state index in [4.69, 9.17) is 4.74 Å². The van der Waals surface area contributed by atoms with Gasteiger partial charge < -0.3 is 4.74 Å². The van der Waals surface area contributed by atoms with Crippen molar-refractivity contribution in [3.05, 3.63) is 34.3 Å². The van der Waals surface area contributed by atoms with Crippen LogP contribution in [0.25, 0.3) is 6.08 Å². The maximum Gasteiger partial charge on any atom is 0.142 e. The van der Waals surface area contributed by atoms with Crippen molar-refractivity contribution in [2.75, 3.05) is 6.61 Å². The first-order valence-electron chi connectivity index (χ1n) is 4.32. The second kappa shape index (κ2) is 5.60. The van der Waals surface area contributed by atoms with Gasteiger partial charge in [-0.3, -0.25) is 4.79 Å². The molecule has 0 aromatic heterocycles. The Hall–Kier alpha value is -1.09. The Balaban J connectivity index is 3.02. The van der Waals surface area contributed by atoms with Gasteiger partial charge >= 0.3 is 0 Å². The van der Waals surface area contributed by atoms with Crippen molar-refractivity contribution >= 4 is 28.3 Å². The molecule has 14 heavy (non-hydrogen) atoms. The number of allylic oxidation sites excluding steroid dienone is 1. The predicted octanol–water partition coefficient (Wildman–Crippen LogP) is 3.06. The highest BCUT2D eigenvalue weighted by molar-refractivity contribution is 9.10. The van der Waals surface area contributed by atoms with Crippen LogP contribution in [0.5, 0.6) is 5.75 Å². The topological polar surface area (TPSA) is 26.3 Å². The SMILES string of the molecule is CCOc1ccc(Br)cc1/C=C/C=O. The Kier molecular flexibility index (Phi) is 4.40. The molecule has 0 aliphatic carbocycles. The summed E-state index contributed by atoms with van der Waals surface area (Å²) in [4.78, 5) is 10.2. The van der Waals surface area contributed by atoms with E-state index in [9.17, 15) is 4.79 Å². The van der Waals surface area contributed by atoms with Gasteiger partial charge in [0.15, 0.2) is 0 Å². The van der Waals surface area contributed by atoms with Gasteiger partial charge in [0.05, 0.1) is 6.61 Å². The van der Waals surface area contributed by atoms with Crippen LogP contribution in [0.3, 0.4) is 0 Å². The van der Waals surface area contributed by atoms with Gasteiger partial charge in [0.2, 0.25) is 0 Å². The third-order valence-electron chi connectivity index (χ3n) is 1.63. The molecule has 3 heteroatoms. The lowest BCUT2D eigenvalue weighted by Gasteiger charge is -2.06. The van der Waals surface area contributed by atoms with Crippen LogP contribution in [0.2, 0.25) is 0 Å². The van der Waals surface area contributed by atoms with Crippen LogP contribution >= 0.6 is 15.9 Å². The number of carbonyl (C=O) groups is 1. The quantitative estimate of drug-likeness (QED) is 0.610. The largest absolute Gasteiger partial charge is 0.493 e. The van der Waals surface area contributed by atoms with Crippen LogP contribution < -0.4 is 4.74 Å². The number of carbonyl (C=O) groups excluding carboxylic acids is 1. The van der Waals surface area contributed by atoms with Crippen LogP contribution in [0, 0.1) is 0 Å². The number of aldehydes is 1. The van der Waals surface area contributed by atoms with E-state index >= 15 is 0 Å². The van der Waals surface area contributed by atoms with Gasteiger partial charge in [-0.05, 0) is 37.3 Å². The lowest BCUT2D eigenvalue weighted by atomic mass is 10.2. The van der Waals surface area contributed by atoms with Gasteiger partial charge in [0.25, 0.3) is 0 Å². The minimum absolute atomic E-state index is 0.615. The van der Waals surface area contributed by atoms with Gasteiger partial charge in [-0.25, -0.2) is 0 Å². The van der Waals surface area contributed by atoms with Crippen molar-refractivity contribution in [1.82, 2.24) is 0 Å². The maximum absolute atomic E-state index is 10.2. The maximum atomic E-state index is 10.2. The minimum atomic E-state index is 0.615. The number of benzene rings is 1. The van der Waals surface area contributed by atoms with E-state index in [0.29, 0.717) is 6.61 Å². The first-order chi connectivity index (χ1) is 6.77. The molecule has 1 rings (SSSR count). The standard InChI is InChI=1S/C11H11BrO2/c1-2-14-11-6-5-10(12)8-9(11)4-3-7-13/h3-8H,2H2,1H3/b4-3+. The number of halogens is 1. The summed E-state index contributed by atoms with van der Waals surface area (Å²) in [6, 6.07) is 5.69. The number of hydrogen-bond acceptors (Lipinski definition) is 2. The molecule has 0 saturated carbocycles. The summed E-state index contributed by atoms with van der Waals surface area (Å²) in [7, 11) is 0. The highest BCUT2D eigenvalue weighted by Gasteiger charge is 2.00. The zero-order valence-corrected chi connectivity index (χ0v) is 9.45. The summed E-state index contributed by atoms with van der Waals surface area (Å²) in [5, 5.41) is 0. The summed E-state index contributed by atoms with van der Waals surface area (Å²) in [5.74, 6) is 0.786. The molecule has 0 atom stereocenters. The monoisotopic (exact) mass is 254 g/mol. The molecule has 0 heterocycles. The first kappa shape index (κ1) is 11.0. The fraction of sp³-hybridized carbons (Fsp3) is 0.182. The summed E-state index contributed by atoms with van der Waals surface area (Å²) in [6.07, 6.45) is 3.92. The van der Waals surface area contributed by atoms with Gasteiger partial charge in [-0.2, -0.15) is 0 Å². The molecule has 74 valence electrons. The molecule has 1 aromatic carbocycles. The van der Waals surface area contributed by atoms with E-state index in [0.717, 1.165) is 22.1 Å². The van der Waals surface area contributed by atoms with E-state index in [1.54, 1.807) is 6.08 Å². The van der Waals surface area contributed by atoms with Crippen molar-refractivity contribution in [3.8, 4) is 5.75 Å². The van der Waals surface area contributed by atoms with Crippen LogP contribution in [-0.2, 0) is 4.79 Å². The molecular weight excluding hydrogens is 244 g/mol. The summed E-state index contributed by atoms with van der Waals surface area (Å²) >= 11 is 3.36. The second-order valence-corrected chi connectivity index (χ2v) is 3.53.